The number of aromatic nitrogens is 1. The number of benzene rings is 2. The molecule has 5 rings (SSSR count). The summed E-state index contributed by atoms with van der Waals surface area (Å²) < 4.78 is 23.2. The molecule has 220 valence electrons. The van der Waals surface area contributed by atoms with E-state index >= 15 is 0 Å². The summed E-state index contributed by atoms with van der Waals surface area (Å²) in [5.74, 6) is -0.116. The lowest BCUT2D eigenvalue weighted by molar-refractivity contribution is 0.0531. The molecule has 0 saturated heterocycles. The van der Waals surface area contributed by atoms with Crippen molar-refractivity contribution in [2.24, 2.45) is 0 Å². The van der Waals surface area contributed by atoms with E-state index in [1.165, 1.54) is 11.0 Å². The first-order valence-electron chi connectivity index (χ1n) is 13.9. The summed E-state index contributed by atoms with van der Waals surface area (Å²) in [6.45, 7) is 8.50. The van der Waals surface area contributed by atoms with Gasteiger partial charge in [-0.2, -0.15) is 0 Å². The van der Waals surface area contributed by atoms with Crippen molar-refractivity contribution in [1.82, 2.24) is 4.98 Å². The lowest BCUT2D eigenvalue weighted by Crippen LogP contribution is -2.29. The van der Waals surface area contributed by atoms with Crippen LogP contribution < -0.4 is 19.8 Å². The predicted molar refractivity (Wildman–Crippen MR) is 162 cm³/mol. The van der Waals surface area contributed by atoms with Gasteiger partial charge in [0.05, 0.1) is 42.5 Å². The van der Waals surface area contributed by atoms with Crippen LogP contribution in [-0.2, 0) is 4.74 Å². The lowest BCUT2D eigenvalue weighted by Gasteiger charge is -2.23. The summed E-state index contributed by atoms with van der Waals surface area (Å²) in [6.07, 6.45) is 3.03. The van der Waals surface area contributed by atoms with Gasteiger partial charge < -0.3 is 18.6 Å². The zero-order valence-corrected chi connectivity index (χ0v) is 25.4. The standard InChI is InChI=1S/C31H31ClN2O7S/c1-5-8-9-14-40-22-12-10-18(15-23(22)38-6-2)25-24-26(35)20-16-19(32)11-13-21(20)41-27(24)29(36)34(25)31-33-17(4)28(42-31)30(37)39-7-3/h10-13,15-16,25H,5-9,14H2,1-4H3. The van der Waals surface area contributed by atoms with Crippen molar-refractivity contribution < 1.29 is 28.2 Å². The van der Waals surface area contributed by atoms with E-state index in [2.05, 4.69) is 11.9 Å². The number of amides is 1. The van der Waals surface area contributed by atoms with Crippen molar-refractivity contribution in [3.63, 3.8) is 0 Å². The molecule has 0 bridgehead atoms. The smallest absolute Gasteiger partial charge is 0.350 e. The second-order valence-electron chi connectivity index (χ2n) is 9.72. The van der Waals surface area contributed by atoms with Crippen LogP contribution in [0.15, 0.2) is 45.6 Å². The van der Waals surface area contributed by atoms with Crippen molar-refractivity contribution >= 4 is 50.9 Å². The highest BCUT2D eigenvalue weighted by molar-refractivity contribution is 7.17. The van der Waals surface area contributed by atoms with E-state index in [1.54, 1.807) is 44.2 Å². The first-order chi connectivity index (χ1) is 20.3. The number of fused-ring (bicyclic) bond motifs is 2. The lowest BCUT2D eigenvalue weighted by atomic mass is 9.98. The van der Waals surface area contributed by atoms with Crippen LogP contribution >= 0.6 is 22.9 Å². The SMILES string of the molecule is CCCCCOc1ccc(C2c3c(oc4ccc(Cl)cc4c3=O)C(=O)N2c2nc(C)c(C(=O)OCC)s2)cc1OCC. The molecule has 4 aromatic rings. The highest BCUT2D eigenvalue weighted by Gasteiger charge is 2.45. The van der Waals surface area contributed by atoms with Gasteiger partial charge in [0.1, 0.15) is 10.5 Å². The van der Waals surface area contributed by atoms with E-state index in [1.807, 2.05) is 6.92 Å². The quantitative estimate of drug-likeness (QED) is 0.131. The molecule has 0 radical (unpaired) electrons. The molecule has 1 atom stereocenters. The Labute approximate surface area is 252 Å². The number of anilines is 1. The van der Waals surface area contributed by atoms with Gasteiger partial charge >= 0.3 is 5.97 Å². The summed E-state index contributed by atoms with van der Waals surface area (Å²) in [7, 11) is 0. The molecule has 0 N–H and O–H groups in total. The van der Waals surface area contributed by atoms with Crippen molar-refractivity contribution in [2.45, 2.75) is 53.0 Å². The van der Waals surface area contributed by atoms with Crippen LogP contribution in [0.2, 0.25) is 5.02 Å². The Bertz CT molecular complexity index is 1710. The van der Waals surface area contributed by atoms with Gasteiger partial charge in [0.2, 0.25) is 5.76 Å². The van der Waals surface area contributed by atoms with Crippen LogP contribution in [0.1, 0.15) is 83.1 Å². The van der Waals surface area contributed by atoms with E-state index in [0.717, 1.165) is 30.6 Å². The van der Waals surface area contributed by atoms with E-state index in [9.17, 15) is 14.4 Å². The molecule has 3 heterocycles. The molecule has 1 aliphatic rings. The van der Waals surface area contributed by atoms with Crippen LogP contribution in [0.25, 0.3) is 11.0 Å². The van der Waals surface area contributed by atoms with E-state index in [-0.39, 0.29) is 44.3 Å². The zero-order chi connectivity index (χ0) is 30.0. The molecule has 2 aromatic carbocycles. The van der Waals surface area contributed by atoms with Gasteiger partial charge in [-0.25, -0.2) is 9.78 Å². The molecule has 0 spiro atoms. The molecule has 1 aliphatic heterocycles. The fourth-order valence-electron chi connectivity index (χ4n) is 4.95. The van der Waals surface area contributed by atoms with Crippen molar-refractivity contribution in [3.05, 3.63) is 79.1 Å². The monoisotopic (exact) mass is 610 g/mol. The molecule has 0 fully saturated rings. The Balaban J connectivity index is 1.68. The molecule has 9 nitrogen and oxygen atoms in total. The van der Waals surface area contributed by atoms with Crippen LogP contribution in [0, 0.1) is 6.92 Å². The molecule has 0 aliphatic carbocycles. The van der Waals surface area contributed by atoms with Gasteiger partial charge in [-0.15, -0.1) is 0 Å². The van der Waals surface area contributed by atoms with Gasteiger partial charge in [0.15, 0.2) is 22.1 Å². The third-order valence-electron chi connectivity index (χ3n) is 6.87. The maximum atomic E-state index is 14.0. The second-order valence-corrected chi connectivity index (χ2v) is 11.1. The van der Waals surface area contributed by atoms with Crippen molar-refractivity contribution in [2.75, 3.05) is 24.7 Å². The minimum Gasteiger partial charge on any atom is -0.490 e. The first kappa shape index (κ1) is 29.6. The normalized spacial score (nSPS) is 14.4. The number of ether oxygens (including phenoxy) is 3. The number of esters is 1. The molecule has 11 heteroatoms. The Morgan fingerprint density at radius 2 is 1.86 bits per heavy atom. The highest BCUT2D eigenvalue weighted by atomic mass is 35.5. The third-order valence-corrected chi connectivity index (χ3v) is 8.25. The summed E-state index contributed by atoms with van der Waals surface area (Å²) in [5, 5.41) is 0.853. The number of carbonyl (C=O) groups excluding carboxylic acids is 2. The Hall–Kier alpha value is -3.89. The minimum atomic E-state index is -0.916. The van der Waals surface area contributed by atoms with E-state index < -0.39 is 17.9 Å². The van der Waals surface area contributed by atoms with Crippen LogP contribution in [0.3, 0.4) is 0 Å². The Morgan fingerprint density at radius 3 is 2.60 bits per heavy atom. The number of hydrogen-bond acceptors (Lipinski definition) is 9. The molecular weight excluding hydrogens is 580 g/mol. The fourth-order valence-corrected chi connectivity index (χ4v) is 6.11. The second kappa shape index (κ2) is 12.5. The number of carbonyl (C=O) groups is 2. The summed E-state index contributed by atoms with van der Waals surface area (Å²) in [5.41, 5.74) is 1.01. The van der Waals surface area contributed by atoms with Crippen LogP contribution in [0.4, 0.5) is 5.13 Å². The van der Waals surface area contributed by atoms with Gasteiger partial charge in [-0.05, 0) is 63.1 Å². The van der Waals surface area contributed by atoms with Crippen LogP contribution in [-0.4, -0.2) is 36.7 Å². The van der Waals surface area contributed by atoms with Gasteiger partial charge in [-0.3, -0.25) is 14.5 Å². The predicted octanol–water partition coefficient (Wildman–Crippen LogP) is 7.11. The number of nitrogens with zero attached hydrogens (tertiary/aromatic N) is 2. The van der Waals surface area contributed by atoms with Gasteiger partial charge in [0, 0.05) is 5.02 Å². The number of halogens is 1. The topological polar surface area (TPSA) is 108 Å². The van der Waals surface area contributed by atoms with Crippen molar-refractivity contribution in [3.8, 4) is 11.5 Å². The molecule has 2 aromatic heterocycles. The maximum absolute atomic E-state index is 14.0. The molecule has 42 heavy (non-hydrogen) atoms. The number of unbranched alkanes of at least 4 members (excludes halogenated alkanes) is 2. The summed E-state index contributed by atoms with van der Waals surface area (Å²) in [6, 6.07) is 9.12. The molecular formula is C31H31ClN2O7S. The average Bonchev–Trinajstić information content (AvgIpc) is 3.49. The average molecular weight is 611 g/mol. The van der Waals surface area contributed by atoms with Crippen molar-refractivity contribution in [1.29, 1.82) is 0 Å². The number of thiazole rings is 1. The Morgan fingerprint density at radius 1 is 1.05 bits per heavy atom. The Kier molecular flexibility index (Phi) is 8.84. The summed E-state index contributed by atoms with van der Waals surface area (Å²) in [4.78, 5) is 46.8. The fraction of sp³-hybridized carbons (Fsp3) is 0.355. The van der Waals surface area contributed by atoms with E-state index in [0.29, 0.717) is 41.0 Å². The highest BCUT2D eigenvalue weighted by Crippen LogP contribution is 2.45. The minimum absolute atomic E-state index is 0.0942. The molecule has 1 unspecified atom stereocenters. The molecule has 0 saturated carbocycles. The number of hydrogen-bond donors (Lipinski definition) is 0. The largest absolute Gasteiger partial charge is 0.490 e. The number of aryl methyl sites for hydroxylation is 1. The maximum Gasteiger partial charge on any atom is 0.350 e. The third kappa shape index (κ3) is 5.48. The van der Waals surface area contributed by atoms with Crippen LogP contribution in [0.5, 0.6) is 11.5 Å². The van der Waals surface area contributed by atoms with Gasteiger partial charge in [-0.1, -0.05) is 48.8 Å². The zero-order valence-electron chi connectivity index (χ0n) is 23.8. The summed E-state index contributed by atoms with van der Waals surface area (Å²) >= 11 is 7.24. The van der Waals surface area contributed by atoms with Gasteiger partial charge in [0.25, 0.3) is 5.91 Å². The van der Waals surface area contributed by atoms with E-state index in [4.69, 9.17) is 30.2 Å². The first-order valence-corrected chi connectivity index (χ1v) is 15.1. The molecule has 1 amide bonds. The number of rotatable bonds is 11.